The van der Waals surface area contributed by atoms with E-state index in [1.807, 2.05) is 0 Å². The van der Waals surface area contributed by atoms with E-state index in [1.54, 1.807) is 0 Å². The molecule has 3 unspecified atom stereocenters. The first-order valence-electron chi connectivity index (χ1n) is 6.67. The first-order chi connectivity index (χ1) is 9.02. The van der Waals surface area contributed by atoms with Gasteiger partial charge in [0.25, 0.3) is 5.91 Å². The van der Waals surface area contributed by atoms with E-state index in [1.165, 1.54) is 12.1 Å². The fourth-order valence-electron chi connectivity index (χ4n) is 2.84. The SMILES string of the molecule is CCC1CCC(NC(=O)c2ccc(C(=O)O)o2)C1C. The molecule has 0 spiro atoms. The molecule has 5 nitrogen and oxygen atoms in total. The standard InChI is InChI=1S/C14H19NO4/c1-3-9-4-5-10(8(9)2)15-13(16)11-6-7-12(19-11)14(17)18/h6-10H,3-5H2,1-2H3,(H,15,16)(H,17,18). The van der Waals surface area contributed by atoms with Crippen molar-refractivity contribution in [2.75, 3.05) is 0 Å². The van der Waals surface area contributed by atoms with E-state index in [2.05, 4.69) is 19.2 Å². The molecule has 1 amide bonds. The lowest BCUT2D eigenvalue weighted by Crippen LogP contribution is -2.37. The molecule has 1 aliphatic rings. The highest BCUT2D eigenvalue weighted by molar-refractivity contribution is 5.93. The molecule has 1 aromatic rings. The second-order valence-electron chi connectivity index (χ2n) is 5.15. The summed E-state index contributed by atoms with van der Waals surface area (Å²) in [4.78, 5) is 22.7. The van der Waals surface area contributed by atoms with E-state index >= 15 is 0 Å². The second kappa shape index (κ2) is 5.47. The Bertz CT molecular complexity index is 480. The van der Waals surface area contributed by atoms with Crippen LogP contribution in [0.1, 0.15) is 54.2 Å². The van der Waals surface area contributed by atoms with Gasteiger partial charge in [0, 0.05) is 6.04 Å². The Morgan fingerprint density at radius 1 is 1.37 bits per heavy atom. The molecule has 1 fully saturated rings. The number of hydrogen-bond acceptors (Lipinski definition) is 3. The van der Waals surface area contributed by atoms with Crippen LogP contribution in [0.3, 0.4) is 0 Å². The molecule has 0 aliphatic heterocycles. The maximum Gasteiger partial charge on any atom is 0.371 e. The van der Waals surface area contributed by atoms with Gasteiger partial charge >= 0.3 is 5.97 Å². The summed E-state index contributed by atoms with van der Waals surface area (Å²) in [5.74, 6) is -0.555. The van der Waals surface area contributed by atoms with Crippen molar-refractivity contribution in [3.8, 4) is 0 Å². The van der Waals surface area contributed by atoms with Crippen LogP contribution in [0.4, 0.5) is 0 Å². The monoisotopic (exact) mass is 265 g/mol. The Morgan fingerprint density at radius 2 is 2.05 bits per heavy atom. The van der Waals surface area contributed by atoms with Gasteiger partial charge in [-0.25, -0.2) is 4.79 Å². The molecule has 1 aliphatic carbocycles. The lowest BCUT2D eigenvalue weighted by atomic mass is 9.93. The molecule has 5 heteroatoms. The number of aromatic carboxylic acids is 1. The fourth-order valence-corrected chi connectivity index (χ4v) is 2.84. The van der Waals surface area contributed by atoms with Crippen LogP contribution in [0.25, 0.3) is 0 Å². The number of carboxylic acid groups (broad SMARTS) is 1. The molecule has 1 heterocycles. The van der Waals surface area contributed by atoms with Gasteiger partial charge in [-0.15, -0.1) is 0 Å². The second-order valence-corrected chi connectivity index (χ2v) is 5.15. The molecule has 104 valence electrons. The van der Waals surface area contributed by atoms with Gasteiger partial charge in [0.05, 0.1) is 0 Å². The van der Waals surface area contributed by atoms with Crippen LogP contribution in [0.15, 0.2) is 16.5 Å². The summed E-state index contributed by atoms with van der Waals surface area (Å²) in [5, 5.41) is 11.7. The highest BCUT2D eigenvalue weighted by atomic mass is 16.4. The zero-order chi connectivity index (χ0) is 14.0. The zero-order valence-corrected chi connectivity index (χ0v) is 11.2. The molecule has 19 heavy (non-hydrogen) atoms. The van der Waals surface area contributed by atoms with Crippen molar-refractivity contribution in [2.45, 2.75) is 39.2 Å². The largest absolute Gasteiger partial charge is 0.475 e. The predicted octanol–water partition coefficient (Wildman–Crippen LogP) is 2.53. The number of carbonyl (C=O) groups excluding carboxylic acids is 1. The lowest BCUT2D eigenvalue weighted by molar-refractivity contribution is 0.0659. The van der Waals surface area contributed by atoms with Gasteiger partial charge in [0.2, 0.25) is 5.76 Å². The molecule has 1 aromatic heterocycles. The van der Waals surface area contributed by atoms with Crippen molar-refractivity contribution in [1.82, 2.24) is 5.32 Å². The summed E-state index contributed by atoms with van der Waals surface area (Å²) < 4.78 is 4.99. The van der Waals surface area contributed by atoms with Gasteiger partial charge in [-0.1, -0.05) is 20.3 Å². The Kier molecular flexibility index (Phi) is 3.93. The first kappa shape index (κ1) is 13.6. The van der Waals surface area contributed by atoms with Gasteiger partial charge in [-0.2, -0.15) is 0 Å². The predicted molar refractivity (Wildman–Crippen MR) is 69.1 cm³/mol. The van der Waals surface area contributed by atoms with E-state index < -0.39 is 5.97 Å². The van der Waals surface area contributed by atoms with Gasteiger partial charge in [-0.3, -0.25) is 4.79 Å². The molecule has 3 atom stereocenters. The molecule has 0 bridgehead atoms. The minimum Gasteiger partial charge on any atom is -0.475 e. The van der Waals surface area contributed by atoms with Crippen LogP contribution in [0.5, 0.6) is 0 Å². The number of furan rings is 1. The normalized spacial score (nSPS) is 26.3. The zero-order valence-electron chi connectivity index (χ0n) is 11.2. The Hall–Kier alpha value is -1.78. The van der Waals surface area contributed by atoms with E-state index in [0.29, 0.717) is 11.8 Å². The lowest BCUT2D eigenvalue weighted by Gasteiger charge is -2.20. The van der Waals surface area contributed by atoms with E-state index in [4.69, 9.17) is 9.52 Å². The molecular formula is C14H19NO4. The van der Waals surface area contributed by atoms with Crippen molar-refractivity contribution in [1.29, 1.82) is 0 Å². The molecule has 0 saturated heterocycles. The topological polar surface area (TPSA) is 79.5 Å². The number of hydrogen-bond donors (Lipinski definition) is 2. The minimum absolute atomic E-state index is 0.0598. The summed E-state index contributed by atoms with van der Waals surface area (Å²) in [6.07, 6.45) is 3.22. The summed E-state index contributed by atoms with van der Waals surface area (Å²) in [7, 11) is 0. The van der Waals surface area contributed by atoms with Crippen LogP contribution >= 0.6 is 0 Å². The van der Waals surface area contributed by atoms with Gasteiger partial charge < -0.3 is 14.8 Å². The van der Waals surface area contributed by atoms with Crippen LogP contribution < -0.4 is 5.32 Å². The molecule has 2 N–H and O–H groups in total. The van der Waals surface area contributed by atoms with E-state index in [9.17, 15) is 9.59 Å². The van der Waals surface area contributed by atoms with Gasteiger partial charge in [0.1, 0.15) is 0 Å². The van der Waals surface area contributed by atoms with Crippen molar-refractivity contribution in [3.63, 3.8) is 0 Å². The smallest absolute Gasteiger partial charge is 0.371 e. The number of rotatable bonds is 4. The van der Waals surface area contributed by atoms with Crippen molar-refractivity contribution in [2.24, 2.45) is 11.8 Å². The van der Waals surface area contributed by atoms with Crippen molar-refractivity contribution < 1.29 is 19.1 Å². The van der Waals surface area contributed by atoms with Crippen LogP contribution in [0, 0.1) is 11.8 Å². The molecule has 0 aromatic carbocycles. The maximum atomic E-state index is 12.0. The molecule has 1 saturated carbocycles. The number of amides is 1. The van der Waals surface area contributed by atoms with E-state index in [-0.39, 0.29) is 23.5 Å². The molecular weight excluding hydrogens is 246 g/mol. The number of carboxylic acids is 1. The summed E-state index contributed by atoms with van der Waals surface area (Å²) in [6.45, 7) is 4.31. The minimum atomic E-state index is -1.17. The quantitative estimate of drug-likeness (QED) is 0.876. The summed E-state index contributed by atoms with van der Waals surface area (Å²) >= 11 is 0. The van der Waals surface area contributed by atoms with Gasteiger partial charge in [0.15, 0.2) is 5.76 Å². The highest BCUT2D eigenvalue weighted by Gasteiger charge is 2.33. The van der Waals surface area contributed by atoms with Crippen LogP contribution in [-0.2, 0) is 0 Å². The van der Waals surface area contributed by atoms with Gasteiger partial charge in [-0.05, 0) is 36.8 Å². The molecule has 2 rings (SSSR count). The third-order valence-corrected chi connectivity index (χ3v) is 4.11. The van der Waals surface area contributed by atoms with Crippen LogP contribution in [-0.4, -0.2) is 23.0 Å². The van der Waals surface area contributed by atoms with Crippen molar-refractivity contribution >= 4 is 11.9 Å². The first-order valence-corrected chi connectivity index (χ1v) is 6.67. The average Bonchev–Trinajstić information content (AvgIpc) is 2.97. The van der Waals surface area contributed by atoms with E-state index in [0.717, 1.165) is 19.3 Å². The van der Waals surface area contributed by atoms with Crippen LogP contribution in [0.2, 0.25) is 0 Å². The maximum absolute atomic E-state index is 12.0. The van der Waals surface area contributed by atoms with Crippen molar-refractivity contribution in [3.05, 3.63) is 23.7 Å². The molecule has 0 radical (unpaired) electrons. The Balaban J connectivity index is 1.99. The third kappa shape index (κ3) is 2.80. The summed E-state index contributed by atoms with van der Waals surface area (Å²) in [6, 6.07) is 2.84. The number of nitrogens with one attached hydrogen (secondary N) is 1. The summed E-state index contributed by atoms with van der Waals surface area (Å²) in [5.41, 5.74) is 0. The highest BCUT2D eigenvalue weighted by Crippen LogP contribution is 2.33. The Morgan fingerprint density at radius 3 is 2.58 bits per heavy atom. The average molecular weight is 265 g/mol. The fraction of sp³-hybridized carbons (Fsp3) is 0.571. The number of carbonyl (C=O) groups is 2. The Labute approximate surface area is 112 Å². The third-order valence-electron chi connectivity index (χ3n) is 4.11.